The van der Waals surface area contributed by atoms with E-state index in [2.05, 4.69) is 15.5 Å². The largest absolute Gasteiger partial charge is 0.394 e. The Hall–Kier alpha value is -1.36. The first-order valence-corrected chi connectivity index (χ1v) is 5.92. The molecule has 0 aliphatic carbocycles. The first kappa shape index (κ1) is 13.7. The lowest BCUT2D eigenvalue weighted by molar-refractivity contribution is 0.0892. The average Bonchev–Trinajstić information content (AvgIpc) is 2.74. The first-order chi connectivity index (χ1) is 7.95. The molecule has 0 aromatic carbocycles. The second-order valence-electron chi connectivity index (χ2n) is 4.87. The quantitative estimate of drug-likeness (QED) is 0.724. The van der Waals surface area contributed by atoms with Crippen LogP contribution in [0.25, 0.3) is 0 Å². The zero-order valence-corrected chi connectivity index (χ0v) is 10.8. The van der Waals surface area contributed by atoms with E-state index in [1.165, 1.54) is 0 Å². The molecule has 0 unspecified atom stereocenters. The van der Waals surface area contributed by atoms with Crippen molar-refractivity contribution in [1.82, 2.24) is 15.5 Å². The minimum atomic E-state index is -0.249. The van der Waals surface area contributed by atoms with Gasteiger partial charge in [-0.15, -0.1) is 0 Å². The van der Waals surface area contributed by atoms with Gasteiger partial charge in [-0.2, -0.15) is 5.10 Å². The van der Waals surface area contributed by atoms with Gasteiger partial charge >= 0.3 is 0 Å². The van der Waals surface area contributed by atoms with E-state index in [1.54, 1.807) is 6.07 Å². The van der Waals surface area contributed by atoms with Crippen LogP contribution < -0.4 is 5.32 Å². The molecule has 3 N–H and O–H groups in total. The van der Waals surface area contributed by atoms with E-state index in [0.29, 0.717) is 11.6 Å². The third kappa shape index (κ3) is 3.56. The van der Waals surface area contributed by atoms with Gasteiger partial charge in [-0.1, -0.05) is 27.7 Å². The van der Waals surface area contributed by atoms with E-state index < -0.39 is 0 Å². The zero-order valence-electron chi connectivity index (χ0n) is 10.8. The van der Waals surface area contributed by atoms with Crippen molar-refractivity contribution in [2.75, 3.05) is 6.61 Å². The molecular formula is C12H21N3O2. The second-order valence-corrected chi connectivity index (χ2v) is 4.87. The van der Waals surface area contributed by atoms with Crippen molar-refractivity contribution in [3.8, 4) is 0 Å². The number of nitrogens with one attached hydrogen (secondary N) is 2. The summed E-state index contributed by atoms with van der Waals surface area (Å²) in [6.07, 6.45) is 0. The molecule has 5 nitrogen and oxygen atoms in total. The predicted octanol–water partition coefficient (Wildman–Crippen LogP) is 1.28. The first-order valence-electron chi connectivity index (χ1n) is 5.92. The third-order valence-electron chi connectivity index (χ3n) is 2.77. The summed E-state index contributed by atoms with van der Waals surface area (Å²) in [5.74, 6) is 0.246. The predicted molar refractivity (Wildman–Crippen MR) is 65.9 cm³/mol. The molecule has 1 atom stereocenters. The molecule has 0 saturated heterocycles. The summed E-state index contributed by atoms with van der Waals surface area (Å²) in [4.78, 5) is 11.8. The van der Waals surface area contributed by atoms with Crippen LogP contribution in [-0.4, -0.2) is 33.9 Å². The van der Waals surface area contributed by atoms with Crippen molar-refractivity contribution < 1.29 is 9.90 Å². The molecule has 1 aromatic heterocycles. The number of aromatic nitrogens is 2. The SMILES string of the molecule is CC(C)c1cc(C(=O)N[C@@H](CO)C(C)C)n[nH]1. The number of nitrogens with zero attached hydrogens (tertiary/aromatic N) is 1. The highest BCUT2D eigenvalue weighted by Crippen LogP contribution is 2.12. The Labute approximate surface area is 102 Å². The maximum atomic E-state index is 11.8. The number of H-pyrrole nitrogens is 1. The lowest BCUT2D eigenvalue weighted by atomic mass is 10.1. The lowest BCUT2D eigenvalue weighted by Crippen LogP contribution is -2.41. The maximum absolute atomic E-state index is 11.8. The summed E-state index contributed by atoms with van der Waals surface area (Å²) in [5.41, 5.74) is 1.30. The Morgan fingerprint density at radius 2 is 2.12 bits per heavy atom. The van der Waals surface area contributed by atoms with Crippen LogP contribution in [0.15, 0.2) is 6.07 Å². The molecule has 0 aliphatic heterocycles. The zero-order chi connectivity index (χ0) is 13.0. The Morgan fingerprint density at radius 3 is 2.53 bits per heavy atom. The van der Waals surface area contributed by atoms with E-state index in [1.807, 2.05) is 27.7 Å². The monoisotopic (exact) mass is 239 g/mol. The van der Waals surface area contributed by atoms with Crippen molar-refractivity contribution in [1.29, 1.82) is 0 Å². The van der Waals surface area contributed by atoms with Gasteiger partial charge in [-0.3, -0.25) is 9.89 Å². The molecular weight excluding hydrogens is 218 g/mol. The highest BCUT2D eigenvalue weighted by atomic mass is 16.3. The van der Waals surface area contributed by atoms with Crippen LogP contribution in [0.5, 0.6) is 0 Å². The second kappa shape index (κ2) is 5.82. The lowest BCUT2D eigenvalue weighted by Gasteiger charge is -2.18. The number of carbonyl (C=O) groups is 1. The van der Waals surface area contributed by atoms with Crippen molar-refractivity contribution in [2.45, 2.75) is 39.7 Å². The van der Waals surface area contributed by atoms with Gasteiger partial charge in [0.05, 0.1) is 12.6 Å². The molecule has 17 heavy (non-hydrogen) atoms. The number of hydrogen-bond acceptors (Lipinski definition) is 3. The molecule has 1 amide bonds. The van der Waals surface area contributed by atoms with Gasteiger partial charge in [0.15, 0.2) is 0 Å². The summed E-state index contributed by atoms with van der Waals surface area (Å²) in [6, 6.07) is 1.51. The van der Waals surface area contributed by atoms with E-state index in [-0.39, 0.29) is 24.5 Å². The topological polar surface area (TPSA) is 78.0 Å². The molecule has 0 aliphatic rings. The van der Waals surface area contributed by atoms with Crippen molar-refractivity contribution in [2.24, 2.45) is 5.92 Å². The fourth-order valence-electron chi connectivity index (χ4n) is 1.41. The van der Waals surface area contributed by atoms with Gasteiger partial charge in [-0.25, -0.2) is 0 Å². The van der Waals surface area contributed by atoms with Crippen molar-refractivity contribution in [3.05, 3.63) is 17.5 Å². The maximum Gasteiger partial charge on any atom is 0.272 e. The standard InChI is InChI=1S/C12H21N3O2/c1-7(2)9-5-10(15-14-9)12(17)13-11(6-16)8(3)4/h5,7-8,11,16H,6H2,1-4H3,(H,13,17)(H,14,15)/t11-/m0/s1. The summed E-state index contributed by atoms with van der Waals surface area (Å²) < 4.78 is 0. The van der Waals surface area contributed by atoms with E-state index >= 15 is 0 Å². The van der Waals surface area contributed by atoms with Crippen LogP contribution in [0.2, 0.25) is 0 Å². The van der Waals surface area contributed by atoms with Gasteiger partial charge in [-0.05, 0) is 17.9 Å². The fourth-order valence-corrected chi connectivity index (χ4v) is 1.41. The number of aliphatic hydroxyl groups excluding tert-OH is 1. The summed E-state index contributed by atoms with van der Waals surface area (Å²) in [5, 5.41) is 18.7. The fraction of sp³-hybridized carbons (Fsp3) is 0.667. The van der Waals surface area contributed by atoms with Gasteiger partial charge < -0.3 is 10.4 Å². The smallest absolute Gasteiger partial charge is 0.272 e. The molecule has 0 spiro atoms. The van der Waals surface area contributed by atoms with E-state index in [0.717, 1.165) is 5.69 Å². The number of carbonyl (C=O) groups excluding carboxylic acids is 1. The molecule has 1 rings (SSSR count). The molecule has 0 saturated carbocycles. The van der Waals surface area contributed by atoms with Gasteiger partial charge in [0.1, 0.15) is 5.69 Å². The van der Waals surface area contributed by atoms with Gasteiger partial charge in [0.2, 0.25) is 0 Å². The molecule has 0 bridgehead atoms. The number of amides is 1. The van der Waals surface area contributed by atoms with Gasteiger partial charge in [0, 0.05) is 5.69 Å². The average molecular weight is 239 g/mol. The minimum absolute atomic E-state index is 0.0646. The van der Waals surface area contributed by atoms with E-state index in [4.69, 9.17) is 5.11 Å². The molecule has 1 heterocycles. The highest BCUT2D eigenvalue weighted by Gasteiger charge is 2.18. The minimum Gasteiger partial charge on any atom is -0.394 e. The van der Waals surface area contributed by atoms with Crippen LogP contribution in [0.3, 0.4) is 0 Å². The number of aliphatic hydroxyl groups is 1. The third-order valence-corrected chi connectivity index (χ3v) is 2.77. The van der Waals surface area contributed by atoms with Crippen LogP contribution in [0.1, 0.15) is 49.8 Å². The van der Waals surface area contributed by atoms with E-state index in [9.17, 15) is 4.79 Å². The highest BCUT2D eigenvalue weighted by molar-refractivity contribution is 5.92. The van der Waals surface area contributed by atoms with Crippen LogP contribution >= 0.6 is 0 Å². The Balaban J connectivity index is 2.69. The molecule has 5 heteroatoms. The molecule has 1 aromatic rings. The summed E-state index contributed by atoms with van der Waals surface area (Å²) in [6.45, 7) is 7.89. The molecule has 96 valence electrons. The molecule has 0 fully saturated rings. The van der Waals surface area contributed by atoms with Crippen molar-refractivity contribution in [3.63, 3.8) is 0 Å². The number of rotatable bonds is 5. The summed E-state index contributed by atoms with van der Waals surface area (Å²) in [7, 11) is 0. The Morgan fingerprint density at radius 1 is 1.47 bits per heavy atom. The van der Waals surface area contributed by atoms with Crippen molar-refractivity contribution >= 4 is 5.91 Å². The van der Waals surface area contributed by atoms with Gasteiger partial charge in [0.25, 0.3) is 5.91 Å². The van der Waals surface area contributed by atoms with Crippen LogP contribution in [0, 0.1) is 5.92 Å². The number of aromatic amines is 1. The normalized spacial score (nSPS) is 13.1. The van der Waals surface area contributed by atoms with Crippen LogP contribution in [-0.2, 0) is 0 Å². The molecule has 0 radical (unpaired) electrons. The van der Waals surface area contributed by atoms with Crippen LogP contribution in [0.4, 0.5) is 0 Å². The Bertz CT molecular complexity index is 372. The Kier molecular flexibility index (Phi) is 4.69. The number of hydrogen-bond donors (Lipinski definition) is 3. The summed E-state index contributed by atoms with van der Waals surface area (Å²) >= 11 is 0.